The van der Waals surface area contributed by atoms with Crippen molar-refractivity contribution in [2.75, 3.05) is 0 Å². The molecule has 55 heavy (non-hydrogen) atoms. The minimum Gasteiger partial charge on any atom is -0.456 e. The van der Waals surface area contributed by atoms with Crippen LogP contribution in [-0.2, 0) is 5.41 Å². The number of nitrogens with zero attached hydrogens (tertiary/aromatic N) is 4. The lowest BCUT2D eigenvalue weighted by molar-refractivity contribution is 0.353. The quantitative estimate of drug-likeness (QED) is 0.182. The minimum absolute atomic E-state index is 0.0302. The molecule has 0 bridgehead atoms. The molecule has 2 heterocycles. The second-order valence-corrected chi connectivity index (χ2v) is 15.0. The third kappa shape index (κ3) is 5.02. The van der Waals surface area contributed by atoms with Crippen LogP contribution in [0.2, 0.25) is 0 Å². The lowest BCUT2D eigenvalue weighted by atomic mass is 9.67. The number of para-hydroxylation sites is 1. The molecule has 260 valence electrons. The summed E-state index contributed by atoms with van der Waals surface area (Å²) in [6, 6.07) is 53.2. The van der Waals surface area contributed by atoms with Crippen molar-refractivity contribution >= 4 is 32.7 Å². The van der Waals surface area contributed by atoms with Gasteiger partial charge in [-0.1, -0.05) is 128 Å². The van der Waals surface area contributed by atoms with Gasteiger partial charge in [-0.3, -0.25) is 0 Å². The molecule has 11 rings (SSSR count). The van der Waals surface area contributed by atoms with Crippen LogP contribution in [0, 0.1) is 11.3 Å². The molecule has 2 aromatic heterocycles. The predicted octanol–water partition coefficient (Wildman–Crippen LogP) is 12.7. The molecule has 0 aliphatic heterocycles. The van der Waals surface area contributed by atoms with E-state index in [-0.39, 0.29) is 5.41 Å². The number of rotatable bonds is 4. The molecule has 5 nitrogen and oxygen atoms in total. The zero-order valence-corrected chi connectivity index (χ0v) is 30.1. The summed E-state index contributed by atoms with van der Waals surface area (Å²) in [7, 11) is 0. The Hall–Kier alpha value is -6.90. The Morgan fingerprint density at radius 2 is 1.15 bits per heavy atom. The Balaban J connectivity index is 1.01. The predicted molar refractivity (Wildman–Crippen MR) is 220 cm³/mol. The van der Waals surface area contributed by atoms with E-state index in [9.17, 15) is 5.26 Å². The van der Waals surface area contributed by atoms with Crippen LogP contribution in [0.3, 0.4) is 0 Å². The van der Waals surface area contributed by atoms with Crippen molar-refractivity contribution < 1.29 is 4.42 Å². The van der Waals surface area contributed by atoms with Gasteiger partial charge >= 0.3 is 0 Å². The Labute approximate surface area is 318 Å². The van der Waals surface area contributed by atoms with E-state index in [0.717, 1.165) is 73.5 Å². The first kappa shape index (κ1) is 31.6. The van der Waals surface area contributed by atoms with Crippen molar-refractivity contribution in [3.8, 4) is 62.5 Å². The van der Waals surface area contributed by atoms with Gasteiger partial charge in [0.2, 0.25) is 0 Å². The highest BCUT2D eigenvalue weighted by atomic mass is 16.3. The number of benzene rings is 7. The summed E-state index contributed by atoms with van der Waals surface area (Å²) < 4.78 is 6.26. The van der Waals surface area contributed by atoms with Gasteiger partial charge in [0.25, 0.3) is 0 Å². The van der Waals surface area contributed by atoms with Crippen LogP contribution >= 0.6 is 0 Å². The second kappa shape index (κ2) is 12.3. The van der Waals surface area contributed by atoms with Crippen molar-refractivity contribution in [3.63, 3.8) is 0 Å². The molecule has 0 amide bonds. The molecule has 2 aliphatic carbocycles. The summed E-state index contributed by atoms with van der Waals surface area (Å²) in [6.07, 6.45) is 5.91. The molecular formula is C50H34N4O. The first-order valence-electron chi connectivity index (χ1n) is 19.1. The number of aromatic nitrogens is 3. The molecular weight excluding hydrogens is 673 g/mol. The number of hydrogen-bond donors (Lipinski definition) is 0. The molecule has 7 aromatic carbocycles. The first-order valence-corrected chi connectivity index (χ1v) is 19.1. The fourth-order valence-electron chi connectivity index (χ4n) is 9.28. The van der Waals surface area contributed by atoms with Gasteiger partial charge in [-0.2, -0.15) is 5.26 Å². The first-order chi connectivity index (χ1) is 27.1. The highest BCUT2D eigenvalue weighted by Gasteiger charge is 2.44. The highest BCUT2D eigenvalue weighted by Crippen LogP contribution is 2.57. The summed E-state index contributed by atoms with van der Waals surface area (Å²) >= 11 is 0. The smallest absolute Gasteiger partial charge is 0.164 e. The Morgan fingerprint density at radius 3 is 1.96 bits per heavy atom. The Bertz CT molecular complexity index is 3040. The summed E-state index contributed by atoms with van der Waals surface area (Å²) in [4.78, 5) is 15.2. The molecule has 0 unspecified atom stereocenters. The van der Waals surface area contributed by atoms with E-state index in [0.29, 0.717) is 17.5 Å². The van der Waals surface area contributed by atoms with Crippen LogP contribution in [0.15, 0.2) is 150 Å². The van der Waals surface area contributed by atoms with Crippen molar-refractivity contribution in [1.29, 1.82) is 5.26 Å². The van der Waals surface area contributed by atoms with Gasteiger partial charge < -0.3 is 4.42 Å². The minimum atomic E-state index is -0.0302. The average Bonchev–Trinajstić information content (AvgIpc) is 3.76. The molecule has 9 aromatic rings. The van der Waals surface area contributed by atoms with Crippen LogP contribution in [0.1, 0.15) is 48.8 Å². The molecule has 1 fully saturated rings. The monoisotopic (exact) mass is 706 g/mol. The highest BCUT2D eigenvalue weighted by molar-refractivity contribution is 6.05. The maximum atomic E-state index is 10.1. The van der Waals surface area contributed by atoms with Gasteiger partial charge in [-0.15, -0.1) is 0 Å². The summed E-state index contributed by atoms with van der Waals surface area (Å²) in [5.74, 6) is 1.82. The van der Waals surface area contributed by atoms with E-state index >= 15 is 0 Å². The normalized spacial score (nSPS) is 14.3. The van der Waals surface area contributed by atoms with Crippen LogP contribution in [0.5, 0.6) is 0 Å². The van der Waals surface area contributed by atoms with Gasteiger partial charge in [-0.25, -0.2) is 15.0 Å². The summed E-state index contributed by atoms with van der Waals surface area (Å²) in [5, 5.41) is 14.5. The number of fused-ring (bicyclic) bond motifs is 9. The summed E-state index contributed by atoms with van der Waals surface area (Å²) in [6.45, 7) is 0. The standard InChI is InChI=1S/C50H34N4O/c51-30-38-11-8-13-42-46(38)41-24-21-35(28-43(41)50(42)25-6-1-7-26-50)32-15-18-33(19-16-32)47-52-48(36-20-17-31-9-2-3-10-34(31)27-36)54-49(53-47)37-22-23-40-39-12-4-5-14-44(39)55-45(40)29-37/h2-5,8-24,27-29H,1,6-7,25-26H2. The van der Waals surface area contributed by atoms with Crippen molar-refractivity contribution in [2.24, 2.45) is 0 Å². The van der Waals surface area contributed by atoms with Crippen LogP contribution in [0.4, 0.5) is 0 Å². The molecule has 5 heteroatoms. The fraction of sp³-hybridized carbons (Fsp3) is 0.120. The van der Waals surface area contributed by atoms with E-state index in [2.05, 4.69) is 121 Å². The molecule has 0 N–H and O–H groups in total. The van der Waals surface area contributed by atoms with Gasteiger partial charge in [-0.05, 0) is 87.8 Å². The van der Waals surface area contributed by atoms with E-state index < -0.39 is 0 Å². The van der Waals surface area contributed by atoms with E-state index in [1.54, 1.807) is 0 Å². The molecule has 0 radical (unpaired) electrons. The average molecular weight is 707 g/mol. The zero-order valence-electron chi connectivity index (χ0n) is 30.1. The number of nitriles is 1. The Morgan fingerprint density at radius 1 is 0.491 bits per heavy atom. The third-order valence-corrected chi connectivity index (χ3v) is 12.0. The van der Waals surface area contributed by atoms with Crippen LogP contribution < -0.4 is 0 Å². The third-order valence-electron chi connectivity index (χ3n) is 12.0. The van der Waals surface area contributed by atoms with Crippen LogP contribution in [-0.4, -0.2) is 15.0 Å². The molecule has 0 saturated heterocycles. The zero-order chi connectivity index (χ0) is 36.5. The maximum Gasteiger partial charge on any atom is 0.164 e. The SMILES string of the molecule is N#Cc1cccc2c1-c1ccc(-c3ccc(-c4nc(-c5ccc6ccccc6c5)nc(-c5ccc6c(c5)oc5ccccc56)n4)cc3)cc1C21CCCCC1. The van der Waals surface area contributed by atoms with Crippen LogP contribution in [0.25, 0.3) is 89.1 Å². The number of furan rings is 1. The lowest BCUT2D eigenvalue weighted by Gasteiger charge is -2.36. The molecule has 2 aliphatic rings. The van der Waals surface area contributed by atoms with Crippen molar-refractivity contribution in [3.05, 3.63) is 162 Å². The van der Waals surface area contributed by atoms with E-state index in [4.69, 9.17) is 19.4 Å². The topological polar surface area (TPSA) is 75.6 Å². The van der Waals surface area contributed by atoms with E-state index in [1.807, 2.05) is 30.3 Å². The largest absolute Gasteiger partial charge is 0.456 e. The second-order valence-electron chi connectivity index (χ2n) is 15.0. The molecule has 1 spiro atoms. The van der Waals surface area contributed by atoms with Gasteiger partial charge in [0.15, 0.2) is 17.5 Å². The van der Waals surface area contributed by atoms with Gasteiger partial charge in [0.1, 0.15) is 11.2 Å². The maximum absolute atomic E-state index is 10.1. The summed E-state index contributed by atoms with van der Waals surface area (Å²) in [5.41, 5.74) is 12.5. The molecule has 0 atom stereocenters. The Kier molecular flexibility index (Phi) is 7.09. The van der Waals surface area contributed by atoms with Gasteiger partial charge in [0, 0.05) is 38.4 Å². The fourth-order valence-corrected chi connectivity index (χ4v) is 9.28. The molecule has 1 saturated carbocycles. The lowest BCUT2D eigenvalue weighted by Crippen LogP contribution is -2.28. The number of hydrogen-bond acceptors (Lipinski definition) is 5. The van der Waals surface area contributed by atoms with Gasteiger partial charge in [0.05, 0.1) is 11.6 Å². The van der Waals surface area contributed by atoms with E-state index in [1.165, 1.54) is 46.9 Å². The van der Waals surface area contributed by atoms with Crippen molar-refractivity contribution in [2.45, 2.75) is 37.5 Å². The van der Waals surface area contributed by atoms with Crippen molar-refractivity contribution in [1.82, 2.24) is 15.0 Å².